The van der Waals surface area contributed by atoms with Crippen molar-refractivity contribution in [3.63, 3.8) is 0 Å². The van der Waals surface area contributed by atoms with Gasteiger partial charge in [0.25, 0.3) is 0 Å². The molecule has 1 aromatic rings. The van der Waals surface area contributed by atoms with Gasteiger partial charge in [0.1, 0.15) is 11.8 Å². The summed E-state index contributed by atoms with van der Waals surface area (Å²) in [6.07, 6.45) is 2.40. The highest BCUT2D eigenvalue weighted by molar-refractivity contribution is 5.77. The molecule has 1 aromatic carbocycles. The van der Waals surface area contributed by atoms with E-state index in [1.807, 2.05) is 38.1 Å². The number of hydrogen-bond donors (Lipinski definition) is 1. The summed E-state index contributed by atoms with van der Waals surface area (Å²) < 4.78 is 10.5. The molecule has 4 heteroatoms. The van der Waals surface area contributed by atoms with Gasteiger partial charge in [-0.25, -0.2) is 4.79 Å². The minimum absolute atomic E-state index is 0.145. The smallest absolute Gasteiger partial charge is 0.327 e. The number of ether oxygens (including phenoxy) is 2. The third-order valence-corrected chi connectivity index (χ3v) is 3.00. The van der Waals surface area contributed by atoms with Gasteiger partial charge in [-0.2, -0.15) is 0 Å². The average molecular weight is 263 g/mol. The van der Waals surface area contributed by atoms with Gasteiger partial charge >= 0.3 is 5.97 Å². The van der Waals surface area contributed by atoms with Crippen molar-refractivity contribution in [3.8, 4) is 5.75 Å². The third kappa shape index (κ3) is 3.96. The zero-order valence-corrected chi connectivity index (χ0v) is 11.7. The molecule has 1 saturated carbocycles. The Morgan fingerprint density at radius 3 is 2.37 bits per heavy atom. The van der Waals surface area contributed by atoms with Crippen LogP contribution in [0.25, 0.3) is 0 Å². The molecule has 1 unspecified atom stereocenters. The summed E-state index contributed by atoms with van der Waals surface area (Å²) in [4.78, 5) is 11.8. The molecule has 2 rings (SSSR count). The number of hydrogen-bond acceptors (Lipinski definition) is 4. The van der Waals surface area contributed by atoms with Crippen LogP contribution in [0.3, 0.4) is 0 Å². The Morgan fingerprint density at radius 1 is 1.26 bits per heavy atom. The number of rotatable bonds is 6. The van der Waals surface area contributed by atoms with Crippen LogP contribution in [0.2, 0.25) is 0 Å². The van der Waals surface area contributed by atoms with Gasteiger partial charge in [0.15, 0.2) is 0 Å². The van der Waals surface area contributed by atoms with E-state index in [0.29, 0.717) is 6.04 Å². The maximum absolute atomic E-state index is 11.8. The average Bonchev–Trinajstić information content (AvgIpc) is 3.19. The molecular weight excluding hydrogens is 242 g/mol. The summed E-state index contributed by atoms with van der Waals surface area (Å²) in [5, 5.41) is 3.30. The van der Waals surface area contributed by atoms with E-state index in [-0.39, 0.29) is 18.1 Å². The Morgan fingerprint density at radius 2 is 1.89 bits per heavy atom. The van der Waals surface area contributed by atoms with E-state index >= 15 is 0 Å². The summed E-state index contributed by atoms with van der Waals surface area (Å²) >= 11 is 0. The number of methoxy groups -OCH3 is 1. The molecule has 0 aliphatic heterocycles. The van der Waals surface area contributed by atoms with Crippen LogP contribution >= 0.6 is 0 Å². The summed E-state index contributed by atoms with van der Waals surface area (Å²) in [5.74, 6) is 0.568. The zero-order valence-electron chi connectivity index (χ0n) is 11.7. The summed E-state index contributed by atoms with van der Waals surface area (Å²) in [7, 11) is 1.42. The Labute approximate surface area is 114 Å². The first-order chi connectivity index (χ1) is 9.10. The summed E-state index contributed by atoms with van der Waals surface area (Å²) in [6, 6.07) is 7.66. The van der Waals surface area contributed by atoms with Gasteiger partial charge in [0.05, 0.1) is 13.2 Å². The van der Waals surface area contributed by atoms with Gasteiger partial charge in [-0.3, -0.25) is 5.32 Å². The minimum Gasteiger partial charge on any atom is -0.491 e. The van der Waals surface area contributed by atoms with Gasteiger partial charge in [0.2, 0.25) is 0 Å². The van der Waals surface area contributed by atoms with Crippen LogP contribution in [0, 0.1) is 0 Å². The Bertz CT molecular complexity index is 424. The van der Waals surface area contributed by atoms with E-state index in [2.05, 4.69) is 5.32 Å². The van der Waals surface area contributed by atoms with Crippen molar-refractivity contribution in [1.82, 2.24) is 5.32 Å². The van der Waals surface area contributed by atoms with Gasteiger partial charge in [-0.1, -0.05) is 12.1 Å². The van der Waals surface area contributed by atoms with Crippen LogP contribution < -0.4 is 10.1 Å². The van der Waals surface area contributed by atoms with Gasteiger partial charge in [0, 0.05) is 6.04 Å². The molecule has 19 heavy (non-hydrogen) atoms. The molecule has 104 valence electrons. The van der Waals surface area contributed by atoms with Crippen LogP contribution in [0.15, 0.2) is 24.3 Å². The fourth-order valence-electron chi connectivity index (χ4n) is 1.91. The minimum atomic E-state index is -0.384. The van der Waals surface area contributed by atoms with Crippen molar-refractivity contribution in [2.45, 2.75) is 44.9 Å². The van der Waals surface area contributed by atoms with Gasteiger partial charge in [-0.05, 0) is 44.4 Å². The lowest BCUT2D eigenvalue weighted by Gasteiger charge is -2.17. The van der Waals surface area contributed by atoms with Crippen molar-refractivity contribution in [3.05, 3.63) is 29.8 Å². The Hall–Kier alpha value is -1.55. The maximum Gasteiger partial charge on any atom is 0.327 e. The second kappa shape index (κ2) is 6.06. The van der Waals surface area contributed by atoms with E-state index < -0.39 is 0 Å². The first kappa shape index (κ1) is 13.9. The van der Waals surface area contributed by atoms with Crippen molar-refractivity contribution >= 4 is 5.97 Å². The predicted octanol–water partition coefficient (Wildman–Crippen LogP) is 2.44. The zero-order chi connectivity index (χ0) is 13.8. The van der Waals surface area contributed by atoms with E-state index in [4.69, 9.17) is 9.47 Å². The number of carbonyl (C=O) groups is 1. The first-order valence-corrected chi connectivity index (χ1v) is 6.70. The second-order valence-corrected chi connectivity index (χ2v) is 5.13. The molecule has 1 N–H and O–H groups in total. The quantitative estimate of drug-likeness (QED) is 0.801. The SMILES string of the molecule is COC(=O)C(NC1CC1)c1ccc(OC(C)C)cc1. The lowest BCUT2D eigenvalue weighted by Crippen LogP contribution is -2.31. The molecule has 0 amide bonds. The van der Waals surface area contributed by atoms with E-state index in [0.717, 1.165) is 24.2 Å². The lowest BCUT2D eigenvalue weighted by atomic mass is 10.1. The fourth-order valence-corrected chi connectivity index (χ4v) is 1.91. The number of nitrogens with one attached hydrogen (secondary N) is 1. The molecule has 0 bridgehead atoms. The largest absolute Gasteiger partial charge is 0.491 e. The molecule has 1 fully saturated rings. The van der Waals surface area contributed by atoms with Gasteiger partial charge in [-0.15, -0.1) is 0 Å². The van der Waals surface area contributed by atoms with Gasteiger partial charge < -0.3 is 9.47 Å². The fraction of sp³-hybridized carbons (Fsp3) is 0.533. The maximum atomic E-state index is 11.8. The molecule has 0 heterocycles. The lowest BCUT2D eigenvalue weighted by molar-refractivity contribution is -0.143. The standard InChI is InChI=1S/C15H21NO3/c1-10(2)19-13-8-4-11(5-9-13)14(15(17)18-3)16-12-6-7-12/h4-5,8-10,12,14,16H,6-7H2,1-3H3. The highest BCUT2D eigenvalue weighted by atomic mass is 16.5. The van der Waals surface area contributed by atoms with E-state index in [1.165, 1.54) is 7.11 Å². The summed E-state index contributed by atoms with van der Waals surface area (Å²) in [6.45, 7) is 3.97. The highest BCUT2D eigenvalue weighted by Crippen LogP contribution is 2.26. The van der Waals surface area contributed by atoms with Crippen molar-refractivity contribution in [2.24, 2.45) is 0 Å². The van der Waals surface area contributed by atoms with Crippen LogP contribution in [0.4, 0.5) is 0 Å². The summed E-state index contributed by atoms with van der Waals surface area (Å²) in [5.41, 5.74) is 0.912. The molecule has 0 spiro atoms. The van der Waals surface area contributed by atoms with Crippen LogP contribution in [0.5, 0.6) is 5.75 Å². The number of carbonyl (C=O) groups excluding carboxylic acids is 1. The van der Waals surface area contributed by atoms with E-state index in [1.54, 1.807) is 0 Å². The van der Waals surface area contributed by atoms with Crippen LogP contribution in [-0.4, -0.2) is 25.2 Å². The van der Waals surface area contributed by atoms with Crippen molar-refractivity contribution < 1.29 is 14.3 Å². The van der Waals surface area contributed by atoms with Crippen LogP contribution in [-0.2, 0) is 9.53 Å². The molecule has 1 atom stereocenters. The topological polar surface area (TPSA) is 47.6 Å². The molecular formula is C15H21NO3. The van der Waals surface area contributed by atoms with Crippen molar-refractivity contribution in [1.29, 1.82) is 0 Å². The normalized spacial score (nSPS) is 16.2. The molecule has 1 aliphatic rings. The molecule has 0 saturated heterocycles. The third-order valence-electron chi connectivity index (χ3n) is 3.00. The number of benzene rings is 1. The van der Waals surface area contributed by atoms with Crippen molar-refractivity contribution in [2.75, 3.05) is 7.11 Å². The molecule has 4 nitrogen and oxygen atoms in total. The highest BCUT2D eigenvalue weighted by Gasteiger charge is 2.29. The monoisotopic (exact) mass is 263 g/mol. The Kier molecular flexibility index (Phi) is 4.43. The molecule has 0 aromatic heterocycles. The molecule has 0 radical (unpaired) electrons. The molecule has 1 aliphatic carbocycles. The number of esters is 1. The predicted molar refractivity (Wildman–Crippen MR) is 73.1 cm³/mol. The second-order valence-electron chi connectivity index (χ2n) is 5.13. The first-order valence-electron chi connectivity index (χ1n) is 6.70. The van der Waals surface area contributed by atoms with E-state index in [9.17, 15) is 4.79 Å². The Balaban J connectivity index is 2.09. The van der Waals surface area contributed by atoms with Crippen LogP contribution in [0.1, 0.15) is 38.3 Å².